The van der Waals surface area contributed by atoms with E-state index < -0.39 is 42.9 Å². The SMILES string of the molecule is O=C(O)C1CCCCN1S(=O)(=O)C1CCS(=O)(=O)C1. The Bertz CT molecular complexity index is 567. The molecule has 0 aromatic heterocycles. The molecule has 0 saturated carbocycles. The van der Waals surface area contributed by atoms with E-state index in [1.54, 1.807) is 0 Å². The van der Waals surface area contributed by atoms with E-state index in [4.69, 9.17) is 5.11 Å². The Balaban J connectivity index is 2.25. The van der Waals surface area contributed by atoms with Crippen LogP contribution in [-0.2, 0) is 24.7 Å². The van der Waals surface area contributed by atoms with Crippen molar-refractivity contribution >= 4 is 25.8 Å². The molecule has 2 rings (SSSR count). The summed E-state index contributed by atoms with van der Waals surface area (Å²) in [5, 5.41) is 8.10. The van der Waals surface area contributed by atoms with E-state index in [1.807, 2.05) is 0 Å². The molecule has 7 nitrogen and oxygen atoms in total. The van der Waals surface area contributed by atoms with Gasteiger partial charge in [0.1, 0.15) is 6.04 Å². The van der Waals surface area contributed by atoms with Gasteiger partial charge in [0.05, 0.1) is 16.8 Å². The smallest absolute Gasteiger partial charge is 0.322 e. The van der Waals surface area contributed by atoms with Gasteiger partial charge in [-0.3, -0.25) is 4.79 Å². The largest absolute Gasteiger partial charge is 0.480 e. The summed E-state index contributed by atoms with van der Waals surface area (Å²) in [5.41, 5.74) is 0. The van der Waals surface area contributed by atoms with Gasteiger partial charge in [-0.05, 0) is 25.7 Å². The first-order chi connectivity index (χ1) is 8.74. The Morgan fingerprint density at radius 2 is 1.89 bits per heavy atom. The molecule has 0 amide bonds. The lowest BCUT2D eigenvalue weighted by atomic mass is 10.1. The summed E-state index contributed by atoms with van der Waals surface area (Å²) in [6, 6.07) is -1.05. The van der Waals surface area contributed by atoms with Crippen LogP contribution in [0.2, 0.25) is 0 Å². The zero-order valence-electron chi connectivity index (χ0n) is 10.4. The molecule has 0 bridgehead atoms. The number of carboxylic acid groups (broad SMARTS) is 1. The molecule has 0 aromatic carbocycles. The summed E-state index contributed by atoms with van der Waals surface area (Å²) in [6.07, 6.45) is 1.63. The number of sulfonamides is 1. The molecule has 2 aliphatic heterocycles. The molecule has 1 N–H and O–H groups in total. The average Bonchev–Trinajstić information content (AvgIpc) is 2.70. The second-order valence-corrected chi connectivity index (χ2v) is 9.42. The number of carboxylic acids is 1. The number of hydrogen-bond acceptors (Lipinski definition) is 5. The summed E-state index contributed by atoms with van der Waals surface area (Å²) in [6.45, 7) is 0.163. The van der Waals surface area contributed by atoms with Gasteiger partial charge in [0, 0.05) is 6.54 Å². The van der Waals surface area contributed by atoms with Gasteiger partial charge in [0.25, 0.3) is 0 Å². The first kappa shape index (κ1) is 14.7. The lowest BCUT2D eigenvalue weighted by Gasteiger charge is -2.33. The van der Waals surface area contributed by atoms with Crippen molar-refractivity contribution in [3.63, 3.8) is 0 Å². The third-order valence-electron chi connectivity index (χ3n) is 3.68. The van der Waals surface area contributed by atoms with Gasteiger partial charge in [-0.2, -0.15) is 4.31 Å². The second-order valence-electron chi connectivity index (χ2n) is 5.03. The molecule has 0 spiro atoms. The third kappa shape index (κ3) is 2.92. The minimum absolute atomic E-state index is 0.0630. The van der Waals surface area contributed by atoms with Crippen LogP contribution in [0.5, 0.6) is 0 Å². The van der Waals surface area contributed by atoms with Crippen LogP contribution in [0, 0.1) is 0 Å². The molecule has 2 atom stereocenters. The van der Waals surface area contributed by atoms with Gasteiger partial charge in [-0.25, -0.2) is 16.8 Å². The lowest BCUT2D eigenvalue weighted by Crippen LogP contribution is -2.51. The van der Waals surface area contributed by atoms with E-state index in [2.05, 4.69) is 0 Å². The van der Waals surface area contributed by atoms with Gasteiger partial charge in [0.2, 0.25) is 10.0 Å². The van der Waals surface area contributed by atoms with Crippen molar-refractivity contribution in [1.29, 1.82) is 0 Å². The van der Waals surface area contributed by atoms with E-state index in [1.165, 1.54) is 0 Å². The molecule has 0 radical (unpaired) electrons. The number of hydrogen-bond donors (Lipinski definition) is 1. The highest BCUT2D eigenvalue weighted by Gasteiger charge is 2.45. The Morgan fingerprint density at radius 3 is 2.42 bits per heavy atom. The first-order valence-electron chi connectivity index (χ1n) is 6.18. The fraction of sp³-hybridized carbons (Fsp3) is 0.900. The summed E-state index contributed by atoms with van der Waals surface area (Å²) in [5.74, 6) is -1.69. The fourth-order valence-electron chi connectivity index (χ4n) is 2.64. The highest BCUT2D eigenvalue weighted by molar-refractivity contribution is 7.95. The maximum Gasteiger partial charge on any atom is 0.322 e. The number of sulfone groups is 1. The maximum atomic E-state index is 12.4. The number of carbonyl (C=O) groups is 1. The molecule has 2 fully saturated rings. The third-order valence-corrected chi connectivity index (χ3v) is 7.99. The molecule has 110 valence electrons. The van der Waals surface area contributed by atoms with Crippen molar-refractivity contribution in [2.75, 3.05) is 18.1 Å². The van der Waals surface area contributed by atoms with Crippen molar-refractivity contribution in [2.24, 2.45) is 0 Å². The quantitative estimate of drug-likeness (QED) is 0.748. The average molecular weight is 311 g/mol. The molecule has 9 heteroatoms. The van der Waals surface area contributed by atoms with Crippen molar-refractivity contribution in [3.05, 3.63) is 0 Å². The van der Waals surface area contributed by atoms with E-state index in [0.29, 0.717) is 12.8 Å². The first-order valence-corrected chi connectivity index (χ1v) is 9.50. The lowest BCUT2D eigenvalue weighted by molar-refractivity contribution is -0.142. The fourth-order valence-corrected chi connectivity index (χ4v) is 7.38. The normalized spacial score (nSPS) is 32.2. The molecular weight excluding hydrogens is 294 g/mol. The van der Waals surface area contributed by atoms with Crippen LogP contribution in [0.25, 0.3) is 0 Å². The highest BCUT2D eigenvalue weighted by Crippen LogP contribution is 2.28. The van der Waals surface area contributed by atoms with Crippen molar-refractivity contribution in [3.8, 4) is 0 Å². The van der Waals surface area contributed by atoms with Crippen molar-refractivity contribution in [2.45, 2.75) is 37.0 Å². The van der Waals surface area contributed by atoms with E-state index >= 15 is 0 Å². The molecular formula is C10H17NO6S2. The van der Waals surface area contributed by atoms with Crippen LogP contribution < -0.4 is 0 Å². The summed E-state index contributed by atoms with van der Waals surface area (Å²) < 4.78 is 48.5. The summed E-state index contributed by atoms with van der Waals surface area (Å²) >= 11 is 0. The van der Waals surface area contributed by atoms with Crippen molar-refractivity contribution in [1.82, 2.24) is 4.31 Å². The van der Waals surface area contributed by atoms with E-state index in [0.717, 1.165) is 4.31 Å². The maximum absolute atomic E-state index is 12.4. The standard InChI is InChI=1S/C10H17NO6S2/c12-10(13)9-3-1-2-5-11(9)19(16,17)8-4-6-18(14,15)7-8/h8-9H,1-7H2,(H,12,13). The Kier molecular flexibility index (Phi) is 3.90. The number of aliphatic carboxylic acids is 1. The molecule has 0 aromatic rings. The molecule has 19 heavy (non-hydrogen) atoms. The Hall–Kier alpha value is -0.670. The Labute approximate surface area is 112 Å². The minimum Gasteiger partial charge on any atom is -0.480 e. The van der Waals surface area contributed by atoms with E-state index in [9.17, 15) is 21.6 Å². The molecule has 2 saturated heterocycles. The monoisotopic (exact) mass is 311 g/mol. The molecule has 2 heterocycles. The van der Waals surface area contributed by atoms with Crippen LogP contribution >= 0.6 is 0 Å². The van der Waals surface area contributed by atoms with Gasteiger partial charge in [0.15, 0.2) is 9.84 Å². The molecule has 2 unspecified atom stereocenters. The van der Waals surface area contributed by atoms with Gasteiger partial charge < -0.3 is 5.11 Å². The number of piperidine rings is 1. The predicted octanol–water partition coefficient (Wildman–Crippen LogP) is -0.558. The predicted molar refractivity (Wildman–Crippen MR) is 68.0 cm³/mol. The molecule has 0 aliphatic carbocycles. The minimum atomic E-state index is -3.85. The zero-order chi connectivity index (χ0) is 14.3. The topological polar surface area (TPSA) is 109 Å². The van der Waals surface area contributed by atoms with Gasteiger partial charge in [-0.1, -0.05) is 0 Å². The second kappa shape index (κ2) is 5.02. The van der Waals surface area contributed by atoms with Crippen LogP contribution in [0.15, 0.2) is 0 Å². The van der Waals surface area contributed by atoms with Gasteiger partial charge in [-0.15, -0.1) is 0 Å². The zero-order valence-corrected chi connectivity index (χ0v) is 12.0. The molecule has 2 aliphatic rings. The van der Waals surface area contributed by atoms with Crippen LogP contribution in [0.4, 0.5) is 0 Å². The number of nitrogens with zero attached hydrogens (tertiary/aromatic N) is 1. The van der Waals surface area contributed by atoms with Crippen molar-refractivity contribution < 1.29 is 26.7 Å². The summed E-state index contributed by atoms with van der Waals surface area (Å²) in [4.78, 5) is 11.1. The van der Waals surface area contributed by atoms with Crippen LogP contribution in [0.3, 0.4) is 0 Å². The van der Waals surface area contributed by atoms with Crippen LogP contribution in [-0.4, -0.2) is 61.6 Å². The van der Waals surface area contributed by atoms with Crippen LogP contribution in [0.1, 0.15) is 25.7 Å². The van der Waals surface area contributed by atoms with Gasteiger partial charge >= 0.3 is 5.97 Å². The Morgan fingerprint density at radius 1 is 1.21 bits per heavy atom. The highest BCUT2D eigenvalue weighted by atomic mass is 32.2. The number of rotatable bonds is 3. The summed E-state index contributed by atoms with van der Waals surface area (Å²) in [7, 11) is -7.16. The van der Waals surface area contributed by atoms with E-state index in [-0.39, 0.29) is 25.1 Å².